The number of carboxylic acid groups (broad SMARTS) is 1. The minimum absolute atomic E-state index is 0.0621. The van der Waals surface area contributed by atoms with Gasteiger partial charge >= 0.3 is 18.9 Å². The smallest absolute Gasteiger partial charge is 0.414 e. The number of hydrogen-bond donors (Lipinski definition) is 1. The number of carbonyl (C=O) groups excluding carboxylic acids is 1. The van der Waals surface area contributed by atoms with Crippen molar-refractivity contribution >= 4 is 35.1 Å². The first-order valence-corrected chi connectivity index (χ1v) is 7.28. The Hall–Kier alpha value is -2.35. The summed E-state index contributed by atoms with van der Waals surface area (Å²) in [6.45, 7) is -1.62. The third-order valence-corrected chi connectivity index (χ3v) is 4.41. The molecule has 1 aromatic heterocycles. The van der Waals surface area contributed by atoms with Gasteiger partial charge in [-0.05, 0) is 5.82 Å². The SMILES string of the molecule is O=C(O)C[C+]1CC(=O)O[BH-]1c1nnc(-c2ccccc2)s1. The molecule has 0 aliphatic carbocycles. The molecule has 1 fully saturated rings. The number of carbonyl (C=O) groups is 2. The van der Waals surface area contributed by atoms with Crippen LogP contribution in [0.4, 0.5) is 0 Å². The minimum atomic E-state index is -1.62. The van der Waals surface area contributed by atoms with Crippen LogP contribution in [0.3, 0.4) is 0 Å². The molecule has 2 aromatic rings. The van der Waals surface area contributed by atoms with Gasteiger partial charge in [0.1, 0.15) is 17.8 Å². The molecule has 1 unspecified atom stereocenters. The first-order valence-electron chi connectivity index (χ1n) is 6.46. The molecule has 6 nitrogen and oxygen atoms in total. The number of rotatable bonds is 4. The summed E-state index contributed by atoms with van der Waals surface area (Å²) in [5.41, 5.74) is 0.935. The lowest BCUT2D eigenvalue weighted by Gasteiger charge is -2.10. The number of benzene rings is 1. The predicted molar refractivity (Wildman–Crippen MR) is 78.3 cm³/mol. The van der Waals surface area contributed by atoms with Crippen LogP contribution in [0.1, 0.15) is 12.8 Å². The van der Waals surface area contributed by atoms with Crippen molar-refractivity contribution in [3.05, 3.63) is 36.1 Å². The molecule has 0 saturated carbocycles. The Labute approximate surface area is 124 Å². The lowest BCUT2D eigenvalue weighted by Crippen LogP contribution is -2.36. The number of hydrogen-bond acceptors (Lipinski definition) is 6. The van der Waals surface area contributed by atoms with Gasteiger partial charge < -0.3 is 9.76 Å². The van der Waals surface area contributed by atoms with Crippen LogP contribution in [-0.2, 0) is 14.2 Å². The van der Waals surface area contributed by atoms with Gasteiger partial charge in [0.2, 0.25) is 0 Å². The average molecular weight is 302 g/mol. The summed E-state index contributed by atoms with van der Waals surface area (Å²) in [5, 5.41) is 17.8. The molecule has 1 aliphatic rings. The Morgan fingerprint density at radius 2 is 2.14 bits per heavy atom. The van der Waals surface area contributed by atoms with Crippen molar-refractivity contribution in [2.75, 3.05) is 0 Å². The molecule has 0 spiro atoms. The van der Waals surface area contributed by atoms with Crippen LogP contribution in [-0.4, -0.2) is 34.2 Å². The molecular weight excluding hydrogens is 291 g/mol. The van der Waals surface area contributed by atoms with Crippen molar-refractivity contribution in [2.45, 2.75) is 12.8 Å². The fourth-order valence-corrected chi connectivity index (χ4v) is 3.41. The van der Waals surface area contributed by atoms with Crippen LogP contribution in [0.25, 0.3) is 10.6 Å². The zero-order valence-corrected chi connectivity index (χ0v) is 11.8. The lowest BCUT2D eigenvalue weighted by atomic mass is 9.56. The van der Waals surface area contributed by atoms with Crippen LogP contribution >= 0.6 is 11.3 Å². The topological polar surface area (TPSA) is 89.4 Å². The molecule has 1 aliphatic heterocycles. The molecule has 3 rings (SSSR count). The average Bonchev–Trinajstić information content (AvgIpc) is 3.06. The van der Waals surface area contributed by atoms with Gasteiger partial charge in [-0.3, -0.25) is 4.79 Å². The van der Waals surface area contributed by atoms with E-state index in [1.54, 1.807) is 0 Å². The number of carboxylic acids is 1. The largest absolute Gasteiger partial charge is 0.644 e. The van der Waals surface area contributed by atoms with Crippen LogP contribution < -0.4 is 4.91 Å². The Morgan fingerprint density at radius 3 is 2.86 bits per heavy atom. The Kier molecular flexibility index (Phi) is 3.61. The van der Waals surface area contributed by atoms with Gasteiger partial charge in [-0.1, -0.05) is 30.3 Å². The third-order valence-electron chi connectivity index (χ3n) is 3.32. The summed E-state index contributed by atoms with van der Waals surface area (Å²) in [4.78, 5) is 22.9. The summed E-state index contributed by atoms with van der Waals surface area (Å²) < 4.78 is 5.26. The number of aliphatic carboxylic acids is 1. The van der Waals surface area contributed by atoms with Gasteiger partial charge in [-0.15, -0.1) is 16.4 Å². The van der Waals surface area contributed by atoms with Gasteiger partial charge in [0.05, 0.1) is 0 Å². The Balaban J connectivity index is 1.85. The van der Waals surface area contributed by atoms with Crippen LogP contribution in [0.15, 0.2) is 30.3 Å². The summed E-state index contributed by atoms with van der Waals surface area (Å²) in [6.07, 6.45) is -0.0987. The molecule has 0 radical (unpaired) electrons. The summed E-state index contributed by atoms with van der Waals surface area (Å²) in [7, 11) is 0. The van der Waals surface area contributed by atoms with Crippen LogP contribution in [0.5, 0.6) is 0 Å². The van der Waals surface area contributed by atoms with E-state index in [1.807, 2.05) is 30.3 Å². The van der Waals surface area contributed by atoms with Gasteiger partial charge in [-0.2, -0.15) is 5.10 Å². The molecular formula is C13H11BN2O4S. The summed E-state index contributed by atoms with van der Waals surface area (Å²) in [5.74, 6) is -0.750. The Morgan fingerprint density at radius 1 is 1.38 bits per heavy atom. The number of nitrogens with zero attached hydrogens (tertiary/aromatic N) is 2. The Bertz CT molecular complexity index is 676. The van der Waals surface area contributed by atoms with Gasteiger partial charge in [-0.25, -0.2) is 4.79 Å². The summed E-state index contributed by atoms with van der Waals surface area (Å²) >= 11 is 1.34. The van der Waals surface area contributed by atoms with Gasteiger partial charge in [0.25, 0.3) is 0 Å². The first-order chi connectivity index (χ1) is 10.1. The van der Waals surface area contributed by atoms with E-state index in [2.05, 4.69) is 10.2 Å². The molecule has 106 valence electrons. The van der Waals surface area contributed by atoms with Gasteiger partial charge in [0, 0.05) is 10.5 Å². The molecule has 8 heteroatoms. The quantitative estimate of drug-likeness (QED) is 0.659. The van der Waals surface area contributed by atoms with E-state index in [0.717, 1.165) is 10.6 Å². The molecule has 1 N–H and O–H groups in total. The molecule has 21 heavy (non-hydrogen) atoms. The van der Waals surface area contributed by atoms with Gasteiger partial charge in [0.15, 0.2) is 0 Å². The van der Waals surface area contributed by atoms with E-state index < -0.39 is 12.9 Å². The normalized spacial score (nSPS) is 17.8. The van der Waals surface area contributed by atoms with Crippen molar-refractivity contribution in [3.8, 4) is 10.6 Å². The van der Waals surface area contributed by atoms with Crippen molar-refractivity contribution in [1.29, 1.82) is 0 Å². The van der Waals surface area contributed by atoms with E-state index in [1.165, 1.54) is 11.3 Å². The second kappa shape index (κ2) is 5.57. The predicted octanol–water partition coefficient (Wildman–Crippen LogP) is 0.671. The molecule has 2 heterocycles. The highest BCUT2D eigenvalue weighted by Gasteiger charge is 2.43. The van der Waals surface area contributed by atoms with E-state index in [0.29, 0.717) is 10.7 Å². The highest BCUT2D eigenvalue weighted by atomic mass is 32.1. The maximum Gasteiger partial charge on any atom is 0.414 e. The number of aromatic nitrogens is 2. The van der Waals surface area contributed by atoms with E-state index >= 15 is 0 Å². The second-order valence-electron chi connectivity index (χ2n) is 4.85. The highest BCUT2D eigenvalue weighted by Crippen LogP contribution is 2.27. The molecule has 1 atom stereocenters. The van der Waals surface area contributed by atoms with E-state index in [4.69, 9.17) is 9.76 Å². The molecule has 1 aromatic carbocycles. The maximum absolute atomic E-state index is 11.4. The van der Waals surface area contributed by atoms with Crippen molar-refractivity contribution in [1.82, 2.24) is 10.2 Å². The molecule has 1 saturated heterocycles. The standard InChI is InChI=1S/C13H11BN2O4S/c17-10(18)6-9-7-11(19)20-14(9)13-16-15-12(21-13)8-4-2-1-3-5-8/h1-5,14H,6-7H2,(H,17,18). The fraction of sp³-hybridized carbons (Fsp3) is 0.154. The minimum Gasteiger partial charge on any atom is -0.644 e. The van der Waals surface area contributed by atoms with E-state index in [-0.39, 0.29) is 18.8 Å². The summed E-state index contributed by atoms with van der Waals surface area (Å²) in [6, 6.07) is 9.56. The molecule has 0 bridgehead atoms. The van der Waals surface area contributed by atoms with E-state index in [9.17, 15) is 9.59 Å². The molecule has 0 amide bonds. The van der Waals surface area contributed by atoms with Crippen LogP contribution in [0.2, 0.25) is 0 Å². The van der Waals surface area contributed by atoms with Crippen molar-refractivity contribution in [2.24, 2.45) is 0 Å². The monoisotopic (exact) mass is 302 g/mol. The lowest BCUT2D eigenvalue weighted by molar-refractivity contribution is -0.136. The van der Waals surface area contributed by atoms with Crippen LogP contribution in [0, 0.1) is 5.82 Å². The highest BCUT2D eigenvalue weighted by molar-refractivity contribution is 7.25. The third kappa shape index (κ3) is 2.90. The fourth-order valence-electron chi connectivity index (χ4n) is 2.38. The second-order valence-corrected chi connectivity index (χ2v) is 5.91. The zero-order chi connectivity index (χ0) is 14.8. The zero-order valence-electron chi connectivity index (χ0n) is 11.0. The van der Waals surface area contributed by atoms with Crippen molar-refractivity contribution in [3.63, 3.8) is 0 Å². The van der Waals surface area contributed by atoms with Crippen molar-refractivity contribution < 1.29 is 19.3 Å². The first kappa shape index (κ1) is 13.6. The maximum atomic E-state index is 11.4.